The number of halogens is 3. The molecule has 25 heavy (non-hydrogen) atoms. The fraction of sp³-hybridized carbons (Fsp3) is 0.526. The first-order valence-corrected chi connectivity index (χ1v) is 8.80. The maximum atomic E-state index is 13.8. The third-order valence-corrected chi connectivity index (χ3v) is 4.84. The molecule has 0 unspecified atom stereocenters. The van der Waals surface area contributed by atoms with Gasteiger partial charge in [-0.15, -0.1) is 12.4 Å². The van der Waals surface area contributed by atoms with Crippen molar-refractivity contribution in [3.05, 3.63) is 52.9 Å². The summed E-state index contributed by atoms with van der Waals surface area (Å²) in [5.41, 5.74) is 2.54. The van der Waals surface area contributed by atoms with E-state index in [2.05, 4.69) is 16.1 Å². The van der Waals surface area contributed by atoms with Gasteiger partial charge in [-0.2, -0.15) is 5.10 Å². The van der Waals surface area contributed by atoms with E-state index in [-0.39, 0.29) is 24.0 Å². The summed E-state index contributed by atoms with van der Waals surface area (Å²) in [7, 11) is 1.90. The lowest BCUT2D eigenvalue weighted by molar-refractivity contribution is 0.416. The van der Waals surface area contributed by atoms with Gasteiger partial charge in [0.15, 0.2) is 0 Å². The SMILES string of the molecule is CNCc1cc(CCc2cc(F)ccc2F)n(CC2CCCC2)n1.Cl. The van der Waals surface area contributed by atoms with Crippen molar-refractivity contribution >= 4 is 12.4 Å². The summed E-state index contributed by atoms with van der Waals surface area (Å²) in [5, 5.41) is 7.83. The van der Waals surface area contributed by atoms with Crippen molar-refractivity contribution in [3.63, 3.8) is 0 Å². The second-order valence-electron chi connectivity index (χ2n) is 6.73. The van der Waals surface area contributed by atoms with Crippen LogP contribution in [0, 0.1) is 17.6 Å². The molecule has 0 aliphatic heterocycles. The predicted octanol–water partition coefficient (Wildman–Crippen LogP) is 4.28. The van der Waals surface area contributed by atoms with E-state index in [9.17, 15) is 8.78 Å². The van der Waals surface area contributed by atoms with Gasteiger partial charge < -0.3 is 5.32 Å². The number of benzene rings is 1. The molecule has 3 nitrogen and oxygen atoms in total. The summed E-state index contributed by atoms with van der Waals surface area (Å²) < 4.78 is 29.2. The summed E-state index contributed by atoms with van der Waals surface area (Å²) in [6.07, 6.45) is 6.29. The Hall–Kier alpha value is -1.46. The van der Waals surface area contributed by atoms with Crippen LogP contribution < -0.4 is 5.32 Å². The van der Waals surface area contributed by atoms with E-state index in [1.807, 2.05) is 7.05 Å². The normalized spacial score (nSPS) is 14.7. The number of hydrogen-bond acceptors (Lipinski definition) is 2. The van der Waals surface area contributed by atoms with Gasteiger partial charge >= 0.3 is 0 Å². The third-order valence-electron chi connectivity index (χ3n) is 4.84. The Kier molecular flexibility index (Phi) is 7.38. The maximum Gasteiger partial charge on any atom is 0.126 e. The minimum absolute atomic E-state index is 0. The summed E-state index contributed by atoms with van der Waals surface area (Å²) in [5.74, 6) is -0.0348. The molecule has 6 heteroatoms. The topological polar surface area (TPSA) is 29.9 Å². The van der Waals surface area contributed by atoms with Crippen molar-refractivity contribution < 1.29 is 8.78 Å². The summed E-state index contributed by atoms with van der Waals surface area (Å²) >= 11 is 0. The first-order valence-electron chi connectivity index (χ1n) is 8.80. The zero-order valence-corrected chi connectivity index (χ0v) is 15.4. The molecule has 1 aromatic carbocycles. The van der Waals surface area contributed by atoms with Crippen LogP contribution >= 0.6 is 12.4 Å². The average molecular weight is 370 g/mol. The largest absolute Gasteiger partial charge is 0.314 e. The Morgan fingerprint density at radius 3 is 2.64 bits per heavy atom. The highest BCUT2D eigenvalue weighted by Gasteiger charge is 2.18. The second kappa shape index (κ2) is 9.30. The van der Waals surface area contributed by atoms with Crippen LogP contribution in [-0.2, 0) is 25.9 Å². The molecule has 1 aliphatic rings. The molecule has 1 aliphatic carbocycles. The fourth-order valence-corrected chi connectivity index (χ4v) is 3.58. The first kappa shape index (κ1) is 19.9. The van der Waals surface area contributed by atoms with Gasteiger partial charge in [-0.1, -0.05) is 12.8 Å². The van der Waals surface area contributed by atoms with E-state index < -0.39 is 0 Å². The molecule has 0 radical (unpaired) electrons. The lowest BCUT2D eigenvalue weighted by Crippen LogP contribution is -2.13. The summed E-state index contributed by atoms with van der Waals surface area (Å²) in [6.45, 7) is 1.66. The number of nitrogens with zero attached hydrogens (tertiary/aromatic N) is 2. The maximum absolute atomic E-state index is 13.8. The van der Waals surface area contributed by atoms with Crippen LogP contribution in [0.15, 0.2) is 24.3 Å². The minimum atomic E-state index is -0.387. The molecule has 1 aromatic heterocycles. The highest BCUT2D eigenvalue weighted by Crippen LogP contribution is 2.27. The molecule has 0 bridgehead atoms. The zero-order chi connectivity index (χ0) is 16.9. The van der Waals surface area contributed by atoms with Gasteiger partial charge in [-0.3, -0.25) is 4.68 Å². The van der Waals surface area contributed by atoms with Crippen molar-refractivity contribution in [1.29, 1.82) is 0 Å². The highest BCUT2D eigenvalue weighted by molar-refractivity contribution is 5.85. The molecule has 0 spiro atoms. The second-order valence-corrected chi connectivity index (χ2v) is 6.73. The molecule has 1 fully saturated rings. The van der Waals surface area contributed by atoms with Gasteiger partial charge in [0.2, 0.25) is 0 Å². The molecule has 3 rings (SSSR count). The number of rotatable bonds is 7. The van der Waals surface area contributed by atoms with Crippen molar-refractivity contribution in [2.75, 3.05) is 7.05 Å². The molecule has 0 amide bonds. The molecule has 1 saturated carbocycles. The molecular formula is C19H26ClF2N3. The van der Waals surface area contributed by atoms with Gasteiger partial charge in [0.05, 0.1) is 5.69 Å². The van der Waals surface area contributed by atoms with Crippen LogP contribution in [0.4, 0.5) is 8.78 Å². The van der Waals surface area contributed by atoms with Gasteiger partial charge in [-0.25, -0.2) is 8.78 Å². The van der Waals surface area contributed by atoms with Crippen LogP contribution in [0.25, 0.3) is 0 Å². The van der Waals surface area contributed by atoms with Crippen LogP contribution in [0.3, 0.4) is 0 Å². The van der Waals surface area contributed by atoms with Gasteiger partial charge in [-0.05, 0) is 68.5 Å². The van der Waals surface area contributed by atoms with Crippen molar-refractivity contribution in [2.45, 2.75) is 51.6 Å². The smallest absolute Gasteiger partial charge is 0.126 e. The van der Waals surface area contributed by atoms with Crippen LogP contribution in [0.2, 0.25) is 0 Å². The Morgan fingerprint density at radius 2 is 1.92 bits per heavy atom. The Labute approximate surface area is 154 Å². The van der Waals surface area contributed by atoms with E-state index in [1.54, 1.807) is 0 Å². The van der Waals surface area contributed by atoms with Crippen LogP contribution in [-0.4, -0.2) is 16.8 Å². The molecule has 0 atom stereocenters. The quantitative estimate of drug-likeness (QED) is 0.789. The number of nitrogens with one attached hydrogen (secondary N) is 1. The molecular weight excluding hydrogens is 344 g/mol. The fourth-order valence-electron chi connectivity index (χ4n) is 3.58. The number of hydrogen-bond donors (Lipinski definition) is 1. The molecule has 2 aromatic rings. The lowest BCUT2D eigenvalue weighted by atomic mass is 10.1. The van der Waals surface area contributed by atoms with E-state index in [1.165, 1.54) is 37.8 Å². The minimum Gasteiger partial charge on any atom is -0.314 e. The van der Waals surface area contributed by atoms with E-state index in [0.717, 1.165) is 30.5 Å². The van der Waals surface area contributed by atoms with Gasteiger partial charge in [0.25, 0.3) is 0 Å². The third kappa shape index (κ3) is 5.25. The molecule has 1 heterocycles. The van der Waals surface area contributed by atoms with Crippen molar-refractivity contribution in [1.82, 2.24) is 15.1 Å². The van der Waals surface area contributed by atoms with E-state index in [0.29, 0.717) is 24.3 Å². The van der Waals surface area contributed by atoms with Crippen molar-refractivity contribution in [2.24, 2.45) is 5.92 Å². The van der Waals surface area contributed by atoms with Gasteiger partial charge in [0.1, 0.15) is 11.6 Å². The Bertz CT molecular complexity index is 681. The molecule has 1 N–H and O–H groups in total. The first-order chi connectivity index (χ1) is 11.7. The summed E-state index contributed by atoms with van der Waals surface area (Å²) in [4.78, 5) is 0. The van der Waals surface area contributed by atoms with E-state index >= 15 is 0 Å². The lowest BCUT2D eigenvalue weighted by Gasteiger charge is -2.12. The Morgan fingerprint density at radius 1 is 1.16 bits per heavy atom. The molecule has 138 valence electrons. The highest BCUT2D eigenvalue weighted by atomic mass is 35.5. The standard InChI is InChI=1S/C19H25F2N3.ClH/c1-22-12-17-11-18(24(23-17)13-14-4-2-3-5-14)8-6-15-10-16(20)7-9-19(15)21;/h7,9-11,14,22H,2-6,8,12-13H2,1H3;1H. The summed E-state index contributed by atoms with van der Waals surface area (Å²) in [6, 6.07) is 5.74. The van der Waals surface area contributed by atoms with E-state index in [4.69, 9.17) is 5.10 Å². The van der Waals surface area contributed by atoms with Gasteiger partial charge in [0, 0.05) is 18.8 Å². The Balaban J connectivity index is 0.00000225. The zero-order valence-electron chi connectivity index (χ0n) is 14.6. The number of aromatic nitrogens is 2. The number of aryl methyl sites for hydroxylation is 2. The van der Waals surface area contributed by atoms with Crippen LogP contribution in [0.5, 0.6) is 0 Å². The average Bonchev–Trinajstić information content (AvgIpc) is 3.19. The predicted molar refractivity (Wildman–Crippen MR) is 98.0 cm³/mol. The van der Waals surface area contributed by atoms with Crippen molar-refractivity contribution in [3.8, 4) is 0 Å². The monoisotopic (exact) mass is 369 g/mol. The molecule has 0 saturated heterocycles. The van der Waals surface area contributed by atoms with Crippen LogP contribution in [0.1, 0.15) is 42.6 Å².